The molecule has 0 aliphatic carbocycles. The molecule has 1 amide bonds. The van der Waals surface area contributed by atoms with E-state index in [9.17, 15) is 9.59 Å². The SMILES string of the molecule is CNC(=O)n1cc(Br)c(/C=N\OC(C)=O)n1. The van der Waals surface area contributed by atoms with Crippen molar-refractivity contribution in [2.45, 2.75) is 6.92 Å². The molecule has 7 nitrogen and oxygen atoms in total. The summed E-state index contributed by atoms with van der Waals surface area (Å²) in [6.45, 7) is 1.23. The predicted octanol–water partition coefficient (Wildman–Crippen LogP) is 0.730. The first-order valence-electron chi connectivity index (χ1n) is 4.22. The molecule has 0 spiro atoms. The summed E-state index contributed by atoms with van der Waals surface area (Å²) in [6, 6.07) is -0.382. The van der Waals surface area contributed by atoms with Crippen LogP contribution >= 0.6 is 15.9 Å². The summed E-state index contributed by atoms with van der Waals surface area (Å²) in [5, 5.41) is 9.69. The highest BCUT2D eigenvalue weighted by Crippen LogP contribution is 2.12. The third kappa shape index (κ3) is 3.16. The Kier molecular flexibility index (Phi) is 4.18. The van der Waals surface area contributed by atoms with Gasteiger partial charge in [0.2, 0.25) is 0 Å². The molecule has 8 heteroatoms. The molecule has 86 valence electrons. The maximum Gasteiger partial charge on any atom is 0.341 e. The number of nitrogens with one attached hydrogen (secondary N) is 1. The fraction of sp³-hybridized carbons (Fsp3) is 0.250. The molecule has 0 bridgehead atoms. The van der Waals surface area contributed by atoms with Crippen LogP contribution in [-0.2, 0) is 9.63 Å². The number of hydrogen-bond donors (Lipinski definition) is 1. The third-order valence-corrected chi connectivity index (χ3v) is 2.08. The van der Waals surface area contributed by atoms with Gasteiger partial charge in [0.25, 0.3) is 0 Å². The maximum absolute atomic E-state index is 11.2. The van der Waals surface area contributed by atoms with Gasteiger partial charge in [-0.25, -0.2) is 9.59 Å². The molecular weight excluding hydrogens is 280 g/mol. The van der Waals surface area contributed by atoms with E-state index in [1.54, 1.807) is 0 Å². The lowest BCUT2D eigenvalue weighted by molar-refractivity contribution is -0.140. The van der Waals surface area contributed by atoms with Gasteiger partial charge in [-0.3, -0.25) is 0 Å². The number of hydrogen-bond acceptors (Lipinski definition) is 5. The van der Waals surface area contributed by atoms with E-state index in [1.165, 1.54) is 26.4 Å². The van der Waals surface area contributed by atoms with Crippen LogP contribution < -0.4 is 5.32 Å². The molecule has 0 radical (unpaired) electrons. The van der Waals surface area contributed by atoms with Gasteiger partial charge in [0.1, 0.15) is 5.69 Å². The summed E-state index contributed by atoms with van der Waals surface area (Å²) in [5.41, 5.74) is 0.379. The first-order chi connectivity index (χ1) is 7.54. The number of halogens is 1. The van der Waals surface area contributed by atoms with Gasteiger partial charge in [-0.2, -0.15) is 9.78 Å². The molecule has 1 heterocycles. The number of rotatable bonds is 2. The number of aromatic nitrogens is 2. The average Bonchev–Trinajstić information content (AvgIpc) is 2.59. The second-order valence-corrected chi connectivity index (χ2v) is 3.53. The summed E-state index contributed by atoms with van der Waals surface area (Å²) < 4.78 is 1.66. The van der Waals surface area contributed by atoms with Crippen LogP contribution in [0.1, 0.15) is 12.6 Å². The Morgan fingerprint density at radius 1 is 1.69 bits per heavy atom. The zero-order valence-electron chi connectivity index (χ0n) is 8.60. The Balaban J connectivity index is 2.81. The standard InChI is InChI=1S/C8H9BrN4O3/c1-5(14)16-11-3-7-6(9)4-13(12-7)8(15)10-2/h3-4H,1-2H3,(H,10,15)/b11-3-. The molecule has 1 rings (SSSR count). The van der Waals surface area contributed by atoms with Crippen molar-refractivity contribution in [1.82, 2.24) is 15.1 Å². The Labute approximate surface area is 99.6 Å². The molecule has 0 aliphatic heterocycles. The normalized spacial score (nSPS) is 10.4. The quantitative estimate of drug-likeness (QED) is 0.494. The summed E-state index contributed by atoms with van der Waals surface area (Å²) >= 11 is 3.19. The van der Waals surface area contributed by atoms with Crippen LogP contribution in [0.15, 0.2) is 15.8 Å². The fourth-order valence-electron chi connectivity index (χ4n) is 0.823. The highest BCUT2D eigenvalue weighted by atomic mass is 79.9. The van der Waals surface area contributed by atoms with E-state index in [0.29, 0.717) is 10.2 Å². The zero-order valence-corrected chi connectivity index (χ0v) is 10.2. The second-order valence-electron chi connectivity index (χ2n) is 2.68. The van der Waals surface area contributed by atoms with Crippen LogP contribution in [-0.4, -0.2) is 35.0 Å². The van der Waals surface area contributed by atoms with Gasteiger partial charge in [0.05, 0.1) is 16.9 Å². The van der Waals surface area contributed by atoms with E-state index in [4.69, 9.17) is 0 Å². The molecule has 16 heavy (non-hydrogen) atoms. The Bertz CT molecular complexity index is 440. The van der Waals surface area contributed by atoms with Gasteiger partial charge in [0.15, 0.2) is 0 Å². The lowest BCUT2D eigenvalue weighted by Crippen LogP contribution is -2.24. The predicted molar refractivity (Wildman–Crippen MR) is 59.1 cm³/mol. The van der Waals surface area contributed by atoms with Gasteiger partial charge < -0.3 is 10.2 Å². The van der Waals surface area contributed by atoms with Crippen LogP contribution in [0.2, 0.25) is 0 Å². The summed E-state index contributed by atoms with van der Waals surface area (Å²) in [7, 11) is 1.49. The van der Waals surface area contributed by atoms with Gasteiger partial charge in [-0.1, -0.05) is 5.16 Å². The van der Waals surface area contributed by atoms with E-state index < -0.39 is 5.97 Å². The minimum atomic E-state index is -0.530. The van der Waals surface area contributed by atoms with E-state index in [1.807, 2.05) is 0 Å². The average molecular weight is 289 g/mol. The van der Waals surface area contributed by atoms with Crippen LogP contribution in [0.5, 0.6) is 0 Å². The van der Waals surface area contributed by atoms with E-state index in [-0.39, 0.29) is 6.03 Å². The molecule has 0 fully saturated rings. The molecule has 0 atom stereocenters. The molecule has 1 aromatic rings. The van der Waals surface area contributed by atoms with Crippen molar-refractivity contribution in [3.63, 3.8) is 0 Å². The Morgan fingerprint density at radius 3 is 2.94 bits per heavy atom. The third-order valence-electron chi connectivity index (χ3n) is 1.47. The lowest BCUT2D eigenvalue weighted by atomic mass is 10.5. The van der Waals surface area contributed by atoms with Crippen molar-refractivity contribution >= 4 is 34.1 Å². The molecule has 0 saturated heterocycles. The van der Waals surface area contributed by atoms with Crippen molar-refractivity contribution < 1.29 is 14.4 Å². The smallest absolute Gasteiger partial charge is 0.339 e. The van der Waals surface area contributed by atoms with Crippen LogP contribution in [0.25, 0.3) is 0 Å². The van der Waals surface area contributed by atoms with Gasteiger partial charge in [-0.05, 0) is 15.9 Å². The van der Waals surface area contributed by atoms with Crippen molar-refractivity contribution in [3.8, 4) is 0 Å². The number of nitrogens with zero attached hydrogens (tertiary/aromatic N) is 3. The molecule has 1 N–H and O–H groups in total. The minimum absolute atomic E-state index is 0.379. The molecular formula is C8H9BrN4O3. The zero-order chi connectivity index (χ0) is 12.1. The van der Waals surface area contributed by atoms with Gasteiger partial charge in [-0.15, -0.1) is 0 Å². The van der Waals surface area contributed by atoms with Crippen LogP contribution in [0.4, 0.5) is 4.79 Å². The van der Waals surface area contributed by atoms with Gasteiger partial charge in [0, 0.05) is 14.0 Å². The van der Waals surface area contributed by atoms with Crippen molar-refractivity contribution in [2.24, 2.45) is 5.16 Å². The summed E-state index contributed by atoms with van der Waals surface area (Å²) in [6.07, 6.45) is 2.69. The van der Waals surface area contributed by atoms with Crippen LogP contribution in [0, 0.1) is 0 Å². The minimum Gasteiger partial charge on any atom is -0.339 e. The molecule has 1 aromatic heterocycles. The van der Waals surface area contributed by atoms with E-state index in [2.05, 4.69) is 36.3 Å². The number of carbonyl (C=O) groups is 2. The van der Waals surface area contributed by atoms with E-state index >= 15 is 0 Å². The number of oxime groups is 1. The molecule has 0 unspecified atom stereocenters. The Morgan fingerprint density at radius 2 is 2.38 bits per heavy atom. The van der Waals surface area contributed by atoms with Gasteiger partial charge >= 0.3 is 12.0 Å². The topological polar surface area (TPSA) is 85.6 Å². The second kappa shape index (κ2) is 5.40. The van der Waals surface area contributed by atoms with Crippen molar-refractivity contribution in [1.29, 1.82) is 0 Å². The van der Waals surface area contributed by atoms with Crippen molar-refractivity contribution in [2.75, 3.05) is 7.05 Å². The van der Waals surface area contributed by atoms with E-state index in [0.717, 1.165) is 4.68 Å². The highest BCUT2D eigenvalue weighted by molar-refractivity contribution is 9.10. The summed E-state index contributed by atoms with van der Waals surface area (Å²) in [5.74, 6) is -0.530. The largest absolute Gasteiger partial charge is 0.341 e. The molecule has 0 saturated carbocycles. The summed E-state index contributed by atoms with van der Waals surface area (Å²) in [4.78, 5) is 26.0. The van der Waals surface area contributed by atoms with Crippen molar-refractivity contribution in [3.05, 3.63) is 16.4 Å². The number of amides is 1. The highest BCUT2D eigenvalue weighted by Gasteiger charge is 2.08. The number of carbonyl (C=O) groups excluding carboxylic acids is 2. The fourth-order valence-corrected chi connectivity index (χ4v) is 1.20. The first-order valence-corrected chi connectivity index (χ1v) is 5.02. The molecule has 0 aliphatic rings. The first kappa shape index (κ1) is 12.4. The Hall–Kier alpha value is -1.70. The maximum atomic E-state index is 11.2. The lowest BCUT2D eigenvalue weighted by Gasteiger charge is -1.95. The molecule has 0 aromatic carbocycles. The van der Waals surface area contributed by atoms with Crippen LogP contribution in [0.3, 0.4) is 0 Å². The monoisotopic (exact) mass is 288 g/mol.